The van der Waals surface area contributed by atoms with Crippen molar-refractivity contribution in [3.8, 4) is 0 Å². The number of hydrogen-bond acceptors (Lipinski definition) is 7. The molecule has 1 saturated carbocycles. The lowest BCUT2D eigenvalue weighted by molar-refractivity contribution is -0.137. The van der Waals surface area contributed by atoms with Crippen LogP contribution in [0.15, 0.2) is 29.0 Å². The molecule has 1 aliphatic heterocycles. The summed E-state index contributed by atoms with van der Waals surface area (Å²) in [7, 11) is 0. The van der Waals surface area contributed by atoms with Gasteiger partial charge < -0.3 is 19.5 Å². The van der Waals surface area contributed by atoms with Gasteiger partial charge in [0.2, 0.25) is 0 Å². The number of hydrogen-bond donors (Lipinski definition) is 1. The molecule has 0 radical (unpaired) electrons. The Morgan fingerprint density at radius 3 is 2.76 bits per heavy atom. The van der Waals surface area contributed by atoms with E-state index in [0.29, 0.717) is 24.7 Å². The van der Waals surface area contributed by atoms with Crippen molar-refractivity contribution in [3.63, 3.8) is 0 Å². The van der Waals surface area contributed by atoms with Gasteiger partial charge in [-0.2, -0.15) is 13.2 Å². The highest BCUT2D eigenvalue weighted by Gasteiger charge is 2.46. The lowest BCUT2D eigenvalue weighted by Crippen LogP contribution is -2.55. The van der Waals surface area contributed by atoms with Crippen LogP contribution in [-0.4, -0.2) is 40.6 Å². The number of ether oxygens (including phenoxy) is 1. The second-order valence-electron chi connectivity index (χ2n) is 7.60. The van der Waals surface area contributed by atoms with E-state index in [1.54, 1.807) is 0 Å². The van der Waals surface area contributed by atoms with Crippen molar-refractivity contribution < 1.29 is 27.2 Å². The van der Waals surface area contributed by atoms with Gasteiger partial charge in [0.05, 0.1) is 11.8 Å². The van der Waals surface area contributed by atoms with E-state index >= 15 is 0 Å². The van der Waals surface area contributed by atoms with Crippen molar-refractivity contribution in [2.75, 3.05) is 18.0 Å². The summed E-state index contributed by atoms with van der Waals surface area (Å²) in [5.41, 5.74) is -0.569. The van der Waals surface area contributed by atoms with Crippen molar-refractivity contribution in [1.82, 2.24) is 20.7 Å². The summed E-state index contributed by atoms with van der Waals surface area (Å²) in [6.45, 7) is 1.25. The monoisotopic (exact) mass is 411 g/mol. The molecule has 2 fully saturated rings. The molecule has 1 saturated heterocycles. The van der Waals surface area contributed by atoms with Crippen molar-refractivity contribution in [2.24, 2.45) is 5.41 Å². The first-order valence-corrected chi connectivity index (χ1v) is 9.31. The lowest BCUT2D eigenvalue weighted by atomic mass is 9.60. The van der Waals surface area contributed by atoms with Crippen LogP contribution >= 0.6 is 0 Å². The molecule has 156 valence electrons. The summed E-state index contributed by atoms with van der Waals surface area (Å²) in [5.74, 6) is 0.718. The molecule has 2 aromatic rings. The van der Waals surface area contributed by atoms with Crippen molar-refractivity contribution >= 4 is 11.9 Å². The van der Waals surface area contributed by atoms with Crippen LogP contribution in [0.3, 0.4) is 0 Å². The number of piperidine rings is 1. The number of amides is 1. The number of carbonyl (C=O) groups excluding carboxylic acids is 1. The molecule has 2 aromatic heterocycles. The molecule has 0 aromatic carbocycles. The van der Waals surface area contributed by atoms with Gasteiger partial charge in [-0.1, -0.05) is 0 Å². The zero-order valence-electron chi connectivity index (χ0n) is 15.5. The Labute approximate surface area is 164 Å². The number of nitrogens with one attached hydrogen (secondary N) is 1. The number of alkyl halides is 3. The Morgan fingerprint density at radius 1 is 1.34 bits per heavy atom. The fourth-order valence-electron chi connectivity index (χ4n) is 4.07. The van der Waals surface area contributed by atoms with Crippen LogP contribution in [0.25, 0.3) is 0 Å². The van der Waals surface area contributed by atoms with Crippen molar-refractivity contribution in [3.05, 3.63) is 35.9 Å². The molecule has 0 bridgehead atoms. The van der Waals surface area contributed by atoms with Gasteiger partial charge in [0.25, 0.3) is 0 Å². The second kappa shape index (κ2) is 7.53. The zero-order valence-corrected chi connectivity index (χ0v) is 15.5. The molecule has 0 unspecified atom stereocenters. The van der Waals surface area contributed by atoms with E-state index in [0.717, 1.165) is 37.8 Å². The first-order valence-electron chi connectivity index (χ1n) is 9.31. The Bertz CT molecular complexity index is 843. The molecule has 0 atom stereocenters. The van der Waals surface area contributed by atoms with Crippen LogP contribution in [0.2, 0.25) is 0 Å². The van der Waals surface area contributed by atoms with Gasteiger partial charge in [0.15, 0.2) is 12.4 Å². The lowest BCUT2D eigenvalue weighted by Gasteiger charge is -2.52. The van der Waals surface area contributed by atoms with Crippen LogP contribution in [0.5, 0.6) is 0 Å². The Hall–Kier alpha value is -2.85. The maximum absolute atomic E-state index is 12.9. The smallest absolute Gasteiger partial charge is 0.416 e. The van der Waals surface area contributed by atoms with Crippen molar-refractivity contribution in [2.45, 2.75) is 44.5 Å². The maximum Gasteiger partial charge on any atom is 0.416 e. The average Bonchev–Trinajstić information content (AvgIpc) is 3.19. The molecule has 1 aliphatic carbocycles. The van der Waals surface area contributed by atoms with Gasteiger partial charge in [0, 0.05) is 30.6 Å². The van der Waals surface area contributed by atoms with Crippen molar-refractivity contribution in [1.29, 1.82) is 0 Å². The minimum atomic E-state index is -4.37. The maximum atomic E-state index is 12.9. The number of pyridine rings is 1. The average molecular weight is 411 g/mol. The number of nitrogens with zero attached hydrogens (tertiary/aromatic N) is 4. The third-order valence-electron chi connectivity index (χ3n) is 5.65. The SMILES string of the molecule is O=C(NC1CC2(CCN(c3cc(C(F)(F)F)ccn3)CC2)C1)OCc1cnno1. The van der Waals surface area contributed by atoms with E-state index in [4.69, 9.17) is 9.26 Å². The molecular formula is C18H20F3N5O3. The predicted octanol–water partition coefficient (Wildman–Crippen LogP) is 3.16. The van der Waals surface area contributed by atoms with Crippen LogP contribution in [0.1, 0.15) is 37.0 Å². The summed E-state index contributed by atoms with van der Waals surface area (Å²) in [6.07, 6.45) is 1.03. The highest BCUT2D eigenvalue weighted by atomic mass is 19.4. The van der Waals surface area contributed by atoms with E-state index in [1.165, 1.54) is 12.4 Å². The largest absolute Gasteiger partial charge is 0.441 e. The predicted molar refractivity (Wildman–Crippen MR) is 93.8 cm³/mol. The summed E-state index contributed by atoms with van der Waals surface area (Å²) in [4.78, 5) is 17.8. The van der Waals surface area contributed by atoms with Gasteiger partial charge in [-0.05, 0) is 43.2 Å². The van der Waals surface area contributed by atoms with E-state index in [1.807, 2.05) is 4.90 Å². The number of rotatable bonds is 4. The first kappa shape index (κ1) is 19.5. The highest BCUT2D eigenvalue weighted by molar-refractivity contribution is 5.67. The number of aromatic nitrogens is 3. The molecule has 2 aliphatic rings. The zero-order chi connectivity index (χ0) is 20.5. The summed E-state index contributed by atoms with van der Waals surface area (Å²) >= 11 is 0. The first-order chi connectivity index (χ1) is 13.8. The second-order valence-corrected chi connectivity index (χ2v) is 7.60. The Kier molecular flexibility index (Phi) is 5.05. The number of carbonyl (C=O) groups is 1. The molecular weight excluding hydrogens is 391 g/mol. The Balaban J connectivity index is 1.23. The van der Waals surface area contributed by atoms with E-state index in [9.17, 15) is 18.0 Å². The van der Waals surface area contributed by atoms with Gasteiger partial charge in [-0.3, -0.25) is 0 Å². The van der Waals surface area contributed by atoms with Gasteiger partial charge in [-0.15, -0.1) is 5.10 Å². The quantitative estimate of drug-likeness (QED) is 0.826. The number of halogens is 3. The highest BCUT2D eigenvalue weighted by Crippen LogP contribution is 2.49. The fourth-order valence-corrected chi connectivity index (χ4v) is 4.07. The van der Waals surface area contributed by atoms with Crippen LogP contribution in [-0.2, 0) is 17.5 Å². The standard InChI is InChI=1S/C18H20F3N5O3/c19-18(20,21)12-1-4-22-15(7-12)26-5-2-17(3-6-26)8-13(9-17)24-16(27)28-11-14-10-23-25-29-14/h1,4,7,10,13H,2-3,5-6,8-9,11H2,(H,24,27). The molecule has 3 heterocycles. The van der Waals surface area contributed by atoms with E-state index < -0.39 is 17.8 Å². The topological polar surface area (TPSA) is 93.4 Å². The van der Waals surface area contributed by atoms with Gasteiger partial charge >= 0.3 is 12.3 Å². The van der Waals surface area contributed by atoms with Crippen LogP contribution < -0.4 is 10.2 Å². The fraction of sp³-hybridized carbons (Fsp3) is 0.556. The van der Waals surface area contributed by atoms with Gasteiger partial charge in [0.1, 0.15) is 5.82 Å². The summed E-state index contributed by atoms with van der Waals surface area (Å²) in [6, 6.07) is 2.12. The number of alkyl carbamates (subject to hydrolysis) is 1. The normalized spacial score (nSPS) is 19.1. The van der Waals surface area contributed by atoms with E-state index in [2.05, 4.69) is 20.7 Å². The molecule has 11 heteroatoms. The third kappa shape index (κ3) is 4.43. The van der Waals surface area contributed by atoms with Crippen LogP contribution in [0.4, 0.5) is 23.8 Å². The summed E-state index contributed by atoms with van der Waals surface area (Å²) in [5, 5.41) is 9.61. The minimum absolute atomic E-state index is 0.0321. The molecule has 8 nitrogen and oxygen atoms in total. The van der Waals surface area contributed by atoms with Gasteiger partial charge in [-0.25, -0.2) is 9.78 Å². The van der Waals surface area contributed by atoms with E-state index in [-0.39, 0.29) is 18.1 Å². The molecule has 29 heavy (non-hydrogen) atoms. The summed E-state index contributed by atoms with van der Waals surface area (Å²) < 4.78 is 48.5. The minimum Gasteiger partial charge on any atom is -0.441 e. The number of anilines is 1. The third-order valence-corrected chi connectivity index (χ3v) is 5.65. The molecule has 1 N–H and O–H groups in total. The molecule has 4 rings (SSSR count). The van der Waals surface area contributed by atoms with Crippen LogP contribution in [0, 0.1) is 5.41 Å². The molecule has 1 amide bonds. The molecule has 1 spiro atoms. The Morgan fingerprint density at radius 2 is 2.10 bits per heavy atom.